The van der Waals surface area contributed by atoms with Crippen molar-refractivity contribution >= 4 is 61.5 Å². The van der Waals surface area contributed by atoms with Crippen LogP contribution >= 0.6 is 11.3 Å². The molecule has 38 heavy (non-hydrogen) atoms. The molecule has 0 amide bonds. The number of thiazole rings is 1. The monoisotopic (exact) mass is 557 g/mol. The third-order valence-electron chi connectivity index (χ3n) is 6.15. The zero-order valence-corrected chi connectivity index (χ0v) is 22.2. The number of sulfonamides is 1. The van der Waals surface area contributed by atoms with Crippen LogP contribution in [0.15, 0.2) is 30.3 Å². The number of benzene rings is 1. The first-order valence-corrected chi connectivity index (χ1v) is 14.5. The maximum absolute atomic E-state index is 12.2. The largest absolute Gasteiger partial charge is 0.477 e. The number of carboxylic acids is 1. The van der Waals surface area contributed by atoms with Crippen LogP contribution in [0.25, 0.3) is 0 Å². The smallest absolute Gasteiger partial charge is 0.347 e. The lowest BCUT2D eigenvalue weighted by Gasteiger charge is -2.27. The van der Waals surface area contributed by atoms with Crippen LogP contribution in [0.3, 0.4) is 0 Å². The van der Waals surface area contributed by atoms with Crippen molar-refractivity contribution in [2.45, 2.75) is 44.4 Å². The van der Waals surface area contributed by atoms with E-state index in [2.05, 4.69) is 30.3 Å². The number of aromatic nitrogens is 3. The molecule has 4 N–H and O–H groups in total. The Kier molecular flexibility index (Phi) is 7.17. The Bertz CT molecular complexity index is 1470. The minimum atomic E-state index is -3.32. The molecule has 1 aliphatic heterocycles. The van der Waals surface area contributed by atoms with Crippen molar-refractivity contribution in [1.82, 2.24) is 15.0 Å². The summed E-state index contributed by atoms with van der Waals surface area (Å²) in [4.78, 5) is 38.8. The fraction of sp³-hybridized carbons (Fsp3) is 0.375. The predicted molar refractivity (Wildman–Crippen MR) is 145 cm³/mol. The standard InChI is InChI=1S/C24H27N7O5S2/c1-14-21(22(33)34)37-24(26-14)29-23-27-19(11-20(28-23)31-10-2-3-17(32)13-31)25-12-15-4-6-16(7-5-15)30-38(35,36)18-8-9-18/h4-7,11,18,30H,2-3,8-10,12-13H2,1H3,(H,33,34)(H2,25,26,27,28,29). The molecule has 2 aliphatic rings. The fourth-order valence-corrected chi connectivity index (χ4v) is 6.22. The molecule has 1 saturated heterocycles. The van der Waals surface area contributed by atoms with Gasteiger partial charge in [0.2, 0.25) is 16.0 Å². The molecular weight excluding hydrogens is 530 g/mol. The van der Waals surface area contributed by atoms with Crippen LogP contribution < -0.4 is 20.3 Å². The molecule has 12 nitrogen and oxygen atoms in total. The molecule has 1 aliphatic carbocycles. The molecule has 0 spiro atoms. The normalized spacial score (nSPS) is 15.8. The molecule has 2 aromatic heterocycles. The molecule has 2 fully saturated rings. The number of aryl methyl sites for hydroxylation is 1. The Morgan fingerprint density at radius 3 is 2.61 bits per heavy atom. The number of anilines is 5. The second kappa shape index (κ2) is 10.5. The van der Waals surface area contributed by atoms with Crippen LogP contribution in [0, 0.1) is 6.92 Å². The number of ketones is 1. The van der Waals surface area contributed by atoms with Crippen molar-refractivity contribution in [2.24, 2.45) is 0 Å². The topological polar surface area (TPSA) is 167 Å². The van der Waals surface area contributed by atoms with Crippen LogP contribution in [-0.4, -0.2) is 58.6 Å². The van der Waals surface area contributed by atoms with E-state index in [0.29, 0.717) is 60.5 Å². The van der Waals surface area contributed by atoms with E-state index in [9.17, 15) is 23.1 Å². The van der Waals surface area contributed by atoms with E-state index in [1.807, 2.05) is 17.0 Å². The number of rotatable bonds is 10. The summed E-state index contributed by atoms with van der Waals surface area (Å²) in [5.41, 5.74) is 1.82. The van der Waals surface area contributed by atoms with E-state index >= 15 is 0 Å². The molecule has 200 valence electrons. The van der Waals surface area contributed by atoms with E-state index in [-0.39, 0.29) is 28.4 Å². The van der Waals surface area contributed by atoms with Crippen LogP contribution in [-0.2, 0) is 21.4 Å². The third kappa shape index (κ3) is 6.19. The van der Waals surface area contributed by atoms with Gasteiger partial charge in [0.1, 0.15) is 16.5 Å². The first kappa shape index (κ1) is 25.9. The van der Waals surface area contributed by atoms with Crippen molar-refractivity contribution in [2.75, 3.05) is 33.3 Å². The van der Waals surface area contributed by atoms with E-state index < -0.39 is 16.0 Å². The maximum atomic E-state index is 12.2. The predicted octanol–water partition coefficient (Wildman–Crippen LogP) is 3.37. The van der Waals surface area contributed by atoms with Crippen LogP contribution in [0.2, 0.25) is 0 Å². The van der Waals surface area contributed by atoms with Crippen molar-refractivity contribution in [3.63, 3.8) is 0 Å². The third-order valence-corrected chi connectivity index (χ3v) is 9.08. The van der Waals surface area contributed by atoms with Gasteiger partial charge < -0.3 is 15.3 Å². The SMILES string of the molecule is Cc1nc(Nc2nc(NCc3ccc(NS(=O)(=O)C4CC4)cc3)cc(N3CCCC(=O)C3)n2)sc1C(=O)O. The van der Waals surface area contributed by atoms with Gasteiger partial charge in [0.25, 0.3) is 0 Å². The number of hydrogen-bond acceptors (Lipinski definition) is 11. The van der Waals surface area contributed by atoms with E-state index in [0.717, 1.165) is 23.3 Å². The summed E-state index contributed by atoms with van der Waals surface area (Å²) in [7, 11) is -3.32. The molecule has 3 heterocycles. The molecule has 0 atom stereocenters. The van der Waals surface area contributed by atoms with Crippen molar-refractivity contribution in [1.29, 1.82) is 0 Å². The number of Topliss-reactive ketones (excluding diaryl/α,β-unsaturated/α-hetero) is 1. The number of piperidine rings is 1. The summed E-state index contributed by atoms with van der Waals surface area (Å²) >= 11 is 0.992. The second-order valence-electron chi connectivity index (χ2n) is 9.26. The van der Waals surface area contributed by atoms with Gasteiger partial charge in [-0.1, -0.05) is 23.5 Å². The Morgan fingerprint density at radius 1 is 1.18 bits per heavy atom. The summed E-state index contributed by atoms with van der Waals surface area (Å²) in [5, 5.41) is 15.6. The lowest BCUT2D eigenvalue weighted by molar-refractivity contribution is -0.118. The average molecular weight is 558 g/mol. The van der Waals surface area contributed by atoms with Gasteiger partial charge in [-0.2, -0.15) is 9.97 Å². The van der Waals surface area contributed by atoms with Gasteiger partial charge in [0.05, 0.1) is 17.5 Å². The van der Waals surface area contributed by atoms with Crippen molar-refractivity contribution in [3.8, 4) is 0 Å². The van der Waals surface area contributed by atoms with Crippen LogP contribution in [0.5, 0.6) is 0 Å². The van der Waals surface area contributed by atoms with Gasteiger partial charge in [0.15, 0.2) is 10.9 Å². The number of carboxylic acid groups (broad SMARTS) is 1. The van der Waals surface area contributed by atoms with Gasteiger partial charge in [-0.3, -0.25) is 14.8 Å². The molecule has 0 unspecified atom stereocenters. The van der Waals surface area contributed by atoms with Crippen LogP contribution in [0.1, 0.15) is 46.6 Å². The van der Waals surface area contributed by atoms with Gasteiger partial charge in [-0.25, -0.2) is 18.2 Å². The minimum Gasteiger partial charge on any atom is -0.477 e. The summed E-state index contributed by atoms with van der Waals surface area (Å²) in [6.07, 6.45) is 2.67. The Balaban J connectivity index is 1.33. The van der Waals surface area contributed by atoms with Gasteiger partial charge in [-0.05, 0) is 43.9 Å². The highest BCUT2D eigenvalue weighted by atomic mass is 32.2. The zero-order chi connectivity index (χ0) is 26.9. The molecule has 0 radical (unpaired) electrons. The van der Waals surface area contributed by atoms with Crippen molar-refractivity contribution < 1.29 is 23.1 Å². The lowest BCUT2D eigenvalue weighted by atomic mass is 10.1. The molecule has 5 rings (SSSR count). The molecular formula is C24H27N7O5S2. The van der Waals surface area contributed by atoms with Gasteiger partial charge >= 0.3 is 5.97 Å². The average Bonchev–Trinajstić information content (AvgIpc) is 3.67. The van der Waals surface area contributed by atoms with E-state index in [1.54, 1.807) is 25.1 Å². The van der Waals surface area contributed by atoms with Crippen molar-refractivity contribution in [3.05, 3.63) is 46.5 Å². The highest BCUT2D eigenvalue weighted by Crippen LogP contribution is 2.30. The van der Waals surface area contributed by atoms with E-state index in [4.69, 9.17) is 0 Å². The summed E-state index contributed by atoms with van der Waals surface area (Å²) < 4.78 is 26.9. The fourth-order valence-electron chi connectivity index (χ4n) is 4.03. The summed E-state index contributed by atoms with van der Waals surface area (Å²) in [5.74, 6) is 0.370. The molecule has 1 aromatic carbocycles. The molecule has 1 saturated carbocycles. The molecule has 3 aromatic rings. The molecule has 0 bridgehead atoms. The minimum absolute atomic E-state index is 0.131. The first-order chi connectivity index (χ1) is 18.2. The summed E-state index contributed by atoms with van der Waals surface area (Å²) in [6.45, 7) is 2.97. The number of nitrogens with one attached hydrogen (secondary N) is 3. The number of carbonyl (C=O) groups excluding carboxylic acids is 1. The second-order valence-corrected chi connectivity index (χ2v) is 12.2. The number of nitrogens with zero attached hydrogens (tertiary/aromatic N) is 4. The lowest BCUT2D eigenvalue weighted by Crippen LogP contribution is -2.36. The number of carbonyl (C=O) groups is 2. The Labute approximate surface area is 223 Å². The quantitative estimate of drug-likeness (QED) is 0.289. The first-order valence-electron chi connectivity index (χ1n) is 12.1. The van der Waals surface area contributed by atoms with E-state index in [1.165, 1.54) is 0 Å². The molecule has 14 heteroatoms. The Hall–Kier alpha value is -3.78. The highest BCUT2D eigenvalue weighted by Gasteiger charge is 2.35. The highest BCUT2D eigenvalue weighted by molar-refractivity contribution is 7.93. The number of aromatic carboxylic acids is 1. The van der Waals surface area contributed by atoms with Crippen LogP contribution in [0.4, 0.5) is 28.4 Å². The van der Waals surface area contributed by atoms with Gasteiger partial charge in [0, 0.05) is 31.3 Å². The number of hydrogen-bond donors (Lipinski definition) is 4. The summed E-state index contributed by atoms with van der Waals surface area (Å²) in [6, 6.07) is 8.86. The zero-order valence-electron chi connectivity index (χ0n) is 20.6. The maximum Gasteiger partial charge on any atom is 0.347 e. The Morgan fingerprint density at radius 2 is 1.95 bits per heavy atom. The van der Waals surface area contributed by atoms with Gasteiger partial charge in [-0.15, -0.1) is 0 Å².